The van der Waals surface area contributed by atoms with Crippen molar-refractivity contribution in [3.8, 4) is 11.1 Å². The number of carbonyl (C=O) groups excluding carboxylic acids is 1. The van der Waals surface area contributed by atoms with Gasteiger partial charge in [0.05, 0.1) is 39.1 Å². The molecule has 5 heteroatoms. The standard InChI is InChI=1S/C25H25ClO4/c1-18-5-3-4-6-22(18)24-15-20(9-12-23(24)25(27)28-2)17-30-14-13-29-16-19-7-10-21(26)11-8-19/h3-12,15H,13-14,16-17H2,1-2H3. The molecule has 0 N–H and O–H groups in total. The molecule has 0 radical (unpaired) electrons. The number of benzene rings is 3. The van der Waals surface area contributed by atoms with Gasteiger partial charge in [-0.1, -0.05) is 54.1 Å². The van der Waals surface area contributed by atoms with Crippen LogP contribution in [0.25, 0.3) is 11.1 Å². The Bertz CT molecular complexity index is 983. The SMILES string of the molecule is COC(=O)c1ccc(COCCOCc2ccc(Cl)cc2)cc1-c1ccccc1C. The van der Waals surface area contributed by atoms with Crippen molar-refractivity contribution < 1.29 is 19.0 Å². The predicted molar refractivity (Wildman–Crippen MR) is 119 cm³/mol. The molecule has 0 aliphatic heterocycles. The zero-order chi connectivity index (χ0) is 21.3. The fourth-order valence-corrected chi connectivity index (χ4v) is 3.27. The summed E-state index contributed by atoms with van der Waals surface area (Å²) in [7, 11) is 1.39. The summed E-state index contributed by atoms with van der Waals surface area (Å²) in [4.78, 5) is 12.2. The summed E-state index contributed by atoms with van der Waals surface area (Å²) in [5.74, 6) is -0.351. The Morgan fingerprint density at radius 3 is 2.13 bits per heavy atom. The van der Waals surface area contributed by atoms with Gasteiger partial charge in [-0.05, 0) is 59.0 Å². The summed E-state index contributed by atoms with van der Waals surface area (Å²) in [6, 6.07) is 21.2. The summed E-state index contributed by atoms with van der Waals surface area (Å²) >= 11 is 5.88. The molecule has 156 valence electrons. The van der Waals surface area contributed by atoms with Gasteiger partial charge in [0.1, 0.15) is 0 Å². The van der Waals surface area contributed by atoms with Crippen LogP contribution in [0, 0.1) is 6.92 Å². The average molecular weight is 425 g/mol. The topological polar surface area (TPSA) is 44.8 Å². The van der Waals surface area contributed by atoms with Crippen molar-refractivity contribution in [3.63, 3.8) is 0 Å². The van der Waals surface area contributed by atoms with Crippen molar-refractivity contribution in [3.05, 3.63) is 94.0 Å². The third kappa shape index (κ3) is 5.92. The van der Waals surface area contributed by atoms with Gasteiger partial charge in [0.2, 0.25) is 0 Å². The van der Waals surface area contributed by atoms with E-state index in [1.807, 2.05) is 67.6 Å². The van der Waals surface area contributed by atoms with E-state index in [4.69, 9.17) is 25.8 Å². The summed E-state index contributed by atoms with van der Waals surface area (Å²) in [5, 5.41) is 0.713. The lowest BCUT2D eigenvalue weighted by Gasteiger charge is -2.13. The largest absolute Gasteiger partial charge is 0.465 e. The van der Waals surface area contributed by atoms with E-state index in [1.165, 1.54) is 7.11 Å². The second kappa shape index (κ2) is 10.9. The van der Waals surface area contributed by atoms with Gasteiger partial charge >= 0.3 is 5.97 Å². The fourth-order valence-electron chi connectivity index (χ4n) is 3.15. The van der Waals surface area contributed by atoms with Crippen LogP contribution >= 0.6 is 11.6 Å². The Morgan fingerprint density at radius 1 is 0.833 bits per heavy atom. The second-order valence-electron chi connectivity index (χ2n) is 6.92. The highest BCUT2D eigenvalue weighted by Gasteiger charge is 2.15. The van der Waals surface area contributed by atoms with Crippen LogP contribution in [0.2, 0.25) is 5.02 Å². The molecule has 30 heavy (non-hydrogen) atoms. The van der Waals surface area contributed by atoms with E-state index in [0.717, 1.165) is 27.8 Å². The van der Waals surface area contributed by atoms with Gasteiger partial charge in [-0.3, -0.25) is 0 Å². The fraction of sp³-hybridized carbons (Fsp3) is 0.240. The van der Waals surface area contributed by atoms with E-state index in [0.29, 0.717) is 37.0 Å². The minimum Gasteiger partial charge on any atom is -0.465 e. The van der Waals surface area contributed by atoms with Crippen LogP contribution < -0.4 is 0 Å². The molecule has 3 rings (SSSR count). The molecule has 0 spiro atoms. The first-order valence-corrected chi connectivity index (χ1v) is 10.1. The summed E-state index contributed by atoms with van der Waals surface area (Å²) in [6.45, 7) is 3.95. The molecule has 0 aliphatic carbocycles. The number of aryl methyl sites for hydroxylation is 1. The molecule has 0 saturated heterocycles. The minimum atomic E-state index is -0.351. The number of ether oxygens (including phenoxy) is 3. The van der Waals surface area contributed by atoms with E-state index in [1.54, 1.807) is 6.07 Å². The first-order valence-electron chi connectivity index (χ1n) is 9.75. The van der Waals surface area contributed by atoms with Crippen LogP contribution in [0.1, 0.15) is 27.0 Å². The Kier molecular flexibility index (Phi) is 8.03. The maximum atomic E-state index is 12.2. The zero-order valence-electron chi connectivity index (χ0n) is 17.2. The van der Waals surface area contributed by atoms with Gasteiger partial charge in [0.25, 0.3) is 0 Å². The van der Waals surface area contributed by atoms with E-state index < -0.39 is 0 Å². The average Bonchev–Trinajstić information content (AvgIpc) is 2.77. The van der Waals surface area contributed by atoms with E-state index in [9.17, 15) is 4.79 Å². The van der Waals surface area contributed by atoms with Crippen LogP contribution in [0.15, 0.2) is 66.7 Å². The molecular formula is C25H25ClO4. The van der Waals surface area contributed by atoms with Crippen molar-refractivity contribution in [2.45, 2.75) is 20.1 Å². The Morgan fingerprint density at radius 2 is 1.47 bits per heavy atom. The number of rotatable bonds is 9. The van der Waals surface area contributed by atoms with Crippen molar-refractivity contribution in [1.82, 2.24) is 0 Å². The first-order chi connectivity index (χ1) is 14.6. The lowest BCUT2D eigenvalue weighted by Crippen LogP contribution is -2.07. The molecule has 3 aromatic carbocycles. The highest BCUT2D eigenvalue weighted by atomic mass is 35.5. The van der Waals surface area contributed by atoms with Gasteiger partial charge in [-0.25, -0.2) is 4.79 Å². The van der Waals surface area contributed by atoms with Crippen LogP contribution in [-0.4, -0.2) is 26.3 Å². The van der Waals surface area contributed by atoms with Gasteiger partial charge in [0, 0.05) is 5.02 Å². The van der Waals surface area contributed by atoms with Crippen LogP contribution in [0.5, 0.6) is 0 Å². The highest BCUT2D eigenvalue weighted by molar-refractivity contribution is 6.30. The summed E-state index contributed by atoms with van der Waals surface area (Å²) in [5.41, 5.74) is 5.54. The zero-order valence-corrected chi connectivity index (χ0v) is 17.9. The maximum absolute atomic E-state index is 12.2. The predicted octanol–water partition coefficient (Wildman–Crippen LogP) is 5.84. The molecule has 0 unspecified atom stereocenters. The lowest BCUT2D eigenvalue weighted by molar-refractivity contribution is 0.0339. The van der Waals surface area contributed by atoms with Crippen LogP contribution in [0.4, 0.5) is 0 Å². The molecule has 0 atom stereocenters. The van der Waals surface area contributed by atoms with Crippen LogP contribution in [-0.2, 0) is 27.4 Å². The number of hydrogen-bond donors (Lipinski definition) is 0. The molecule has 0 bridgehead atoms. The van der Waals surface area contributed by atoms with Gasteiger partial charge in [0.15, 0.2) is 0 Å². The molecule has 0 aromatic heterocycles. The molecule has 0 aliphatic rings. The molecule has 0 amide bonds. The third-order valence-corrected chi connectivity index (χ3v) is 5.00. The van der Waals surface area contributed by atoms with Gasteiger partial charge in [-0.15, -0.1) is 0 Å². The smallest absolute Gasteiger partial charge is 0.338 e. The van der Waals surface area contributed by atoms with Crippen molar-refractivity contribution >= 4 is 17.6 Å². The molecule has 3 aromatic rings. The lowest BCUT2D eigenvalue weighted by atomic mass is 9.94. The van der Waals surface area contributed by atoms with Gasteiger partial charge < -0.3 is 14.2 Å². The number of hydrogen-bond acceptors (Lipinski definition) is 4. The normalized spacial score (nSPS) is 10.8. The van der Waals surface area contributed by atoms with Crippen molar-refractivity contribution in [2.75, 3.05) is 20.3 Å². The molecular weight excluding hydrogens is 400 g/mol. The Balaban J connectivity index is 1.58. The molecule has 4 nitrogen and oxygen atoms in total. The third-order valence-electron chi connectivity index (χ3n) is 4.75. The summed E-state index contributed by atoms with van der Waals surface area (Å²) < 4.78 is 16.4. The number of methoxy groups -OCH3 is 1. The molecule has 0 saturated carbocycles. The van der Waals surface area contributed by atoms with E-state index >= 15 is 0 Å². The number of carbonyl (C=O) groups is 1. The second-order valence-corrected chi connectivity index (χ2v) is 7.35. The Labute approximate surface area is 182 Å². The minimum absolute atomic E-state index is 0.351. The quantitative estimate of drug-likeness (QED) is 0.320. The van der Waals surface area contributed by atoms with Gasteiger partial charge in [-0.2, -0.15) is 0 Å². The first kappa shape index (κ1) is 22.0. The highest BCUT2D eigenvalue weighted by Crippen LogP contribution is 2.28. The Hall–Kier alpha value is -2.66. The van der Waals surface area contributed by atoms with E-state index in [-0.39, 0.29) is 5.97 Å². The number of esters is 1. The van der Waals surface area contributed by atoms with Crippen molar-refractivity contribution in [2.24, 2.45) is 0 Å². The summed E-state index contributed by atoms with van der Waals surface area (Å²) in [6.07, 6.45) is 0. The van der Waals surface area contributed by atoms with Crippen molar-refractivity contribution in [1.29, 1.82) is 0 Å². The monoisotopic (exact) mass is 424 g/mol. The van der Waals surface area contributed by atoms with Crippen LogP contribution in [0.3, 0.4) is 0 Å². The maximum Gasteiger partial charge on any atom is 0.338 e. The molecule has 0 heterocycles. The molecule has 0 fully saturated rings. The number of halogens is 1. The van der Waals surface area contributed by atoms with E-state index in [2.05, 4.69) is 0 Å².